The lowest BCUT2D eigenvalue weighted by atomic mass is 10.00. The van der Waals surface area contributed by atoms with Gasteiger partial charge in [-0.25, -0.2) is 0 Å². The van der Waals surface area contributed by atoms with Crippen LogP contribution in [0.15, 0.2) is 24.3 Å². The van der Waals surface area contributed by atoms with Crippen LogP contribution in [0.1, 0.15) is 30.7 Å². The summed E-state index contributed by atoms with van der Waals surface area (Å²) in [7, 11) is 0. The second kappa shape index (κ2) is 5.21. The molecule has 1 saturated carbocycles. The molecule has 2 aliphatic rings. The Labute approximate surface area is 113 Å². The standard InChI is InChI=1S/C15H20N2O2/c18-14-7-3-4-10(14)8-17-15(19)12-9-16-13-6-2-1-5-11(12)13/h1-2,5-6,10,12,14,16,18H,3-4,7-9H2,(H,17,19). The molecule has 0 radical (unpaired) electrons. The van der Waals surface area contributed by atoms with Crippen LogP contribution < -0.4 is 10.6 Å². The Bertz CT molecular complexity index is 475. The molecule has 3 rings (SSSR count). The van der Waals surface area contributed by atoms with E-state index in [0.717, 1.165) is 30.5 Å². The molecule has 1 amide bonds. The zero-order valence-electron chi connectivity index (χ0n) is 10.9. The topological polar surface area (TPSA) is 61.4 Å². The summed E-state index contributed by atoms with van der Waals surface area (Å²) in [5.41, 5.74) is 2.13. The van der Waals surface area contributed by atoms with E-state index in [1.165, 1.54) is 0 Å². The largest absolute Gasteiger partial charge is 0.393 e. The molecule has 0 spiro atoms. The number of para-hydroxylation sites is 1. The van der Waals surface area contributed by atoms with Gasteiger partial charge in [-0.1, -0.05) is 24.6 Å². The fourth-order valence-corrected chi connectivity index (χ4v) is 3.13. The molecule has 1 aliphatic carbocycles. The second-order valence-electron chi connectivity index (χ2n) is 5.52. The van der Waals surface area contributed by atoms with E-state index in [4.69, 9.17) is 0 Å². The first-order valence-electron chi connectivity index (χ1n) is 7.04. The van der Waals surface area contributed by atoms with Gasteiger partial charge in [0, 0.05) is 24.7 Å². The lowest BCUT2D eigenvalue weighted by Gasteiger charge is -2.17. The average molecular weight is 260 g/mol. The molecule has 0 aromatic heterocycles. The number of amides is 1. The van der Waals surface area contributed by atoms with Gasteiger partial charge in [0.15, 0.2) is 0 Å². The zero-order valence-corrected chi connectivity index (χ0v) is 10.9. The summed E-state index contributed by atoms with van der Waals surface area (Å²) in [5, 5.41) is 16.0. The van der Waals surface area contributed by atoms with Crippen LogP contribution in [-0.2, 0) is 4.79 Å². The Morgan fingerprint density at radius 1 is 1.37 bits per heavy atom. The van der Waals surface area contributed by atoms with Crippen molar-refractivity contribution in [3.63, 3.8) is 0 Å². The number of hydrogen-bond donors (Lipinski definition) is 3. The summed E-state index contributed by atoms with van der Waals surface area (Å²) in [6.07, 6.45) is 2.71. The van der Waals surface area contributed by atoms with Gasteiger partial charge in [0.2, 0.25) is 5.91 Å². The Morgan fingerprint density at radius 2 is 2.21 bits per heavy atom. The highest BCUT2D eigenvalue weighted by Gasteiger charge is 2.30. The number of carbonyl (C=O) groups is 1. The minimum atomic E-state index is -0.241. The highest BCUT2D eigenvalue weighted by atomic mass is 16.3. The zero-order chi connectivity index (χ0) is 13.2. The van der Waals surface area contributed by atoms with E-state index in [0.29, 0.717) is 13.1 Å². The smallest absolute Gasteiger partial charge is 0.229 e. The first kappa shape index (κ1) is 12.5. The van der Waals surface area contributed by atoms with Crippen molar-refractivity contribution < 1.29 is 9.90 Å². The third-order valence-electron chi connectivity index (χ3n) is 4.31. The summed E-state index contributed by atoms with van der Waals surface area (Å²) in [6, 6.07) is 7.95. The number of fused-ring (bicyclic) bond motifs is 1. The van der Waals surface area contributed by atoms with Gasteiger partial charge in [0.05, 0.1) is 12.0 Å². The maximum absolute atomic E-state index is 12.2. The molecule has 0 saturated heterocycles. The normalized spacial score (nSPS) is 28.8. The molecule has 1 aliphatic heterocycles. The first-order chi connectivity index (χ1) is 9.25. The molecule has 1 fully saturated rings. The van der Waals surface area contributed by atoms with E-state index in [2.05, 4.69) is 10.6 Å². The Morgan fingerprint density at radius 3 is 3.00 bits per heavy atom. The highest BCUT2D eigenvalue weighted by molar-refractivity contribution is 5.88. The summed E-state index contributed by atoms with van der Waals surface area (Å²) >= 11 is 0. The molecule has 4 heteroatoms. The number of benzene rings is 1. The van der Waals surface area contributed by atoms with Crippen molar-refractivity contribution in [1.29, 1.82) is 0 Å². The van der Waals surface area contributed by atoms with Crippen molar-refractivity contribution in [2.24, 2.45) is 5.92 Å². The molecule has 3 N–H and O–H groups in total. The van der Waals surface area contributed by atoms with Crippen LogP contribution in [0.2, 0.25) is 0 Å². The molecular formula is C15H20N2O2. The Hall–Kier alpha value is -1.55. The summed E-state index contributed by atoms with van der Waals surface area (Å²) in [5.74, 6) is 0.194. The molecule has 19 heavy (non-hydrogen) atoms. The molecule has 0 bridgehead atoms. The van der Waals surface area contributed by atoms with Crippen LogP contribution in [0.5, 0.6) is 0 Å². The number of aliphatic hydroxyl groups is 1. The van der Waals surface area contributed by atoms with Gasteiger partial charge in [-0.05, 0) is 24.5 Å². The van der Waals surface area contributed by atoms with Crippen molar-refractivity contribution >= 4 is 11.6 Å². The van der Waals surface area contributed by atoms with E-state index in [9.17, 15) is 9.90 Å². The van der Waals surface area contributed by atoms with Crippen LogP contribution in [0.3, 0.4) is 0 Å². The number of aliphatic hydroxyl groups excluding tert-OH is 1. The van der Waals surface area contributed by atoms with Gasteiger partial charge in [-0.2, -0.15) is 0 Å². The lowest BCUT2D eigenvalue weighted by Crippen LogP contribution is -2.36. The van der Waals surface area contributed by atoms with Crippen LogP contribution >= 0.6 is 0 Å². The molecular weight excluding hydrogens is 240 g/mol. The van der Waals surface area contributed by atoms with Crippen LogP contribution in [-0.4, -0.2) is 30.2 Å². The number of rotatable bonds is 3. The predicted molar refractivity (Wildman–Crippen MR) is 74.0 cm³/mol. The molecule has 1 aromatic carbocycles. The van der Waals surface area contributed by atoms with Gasteiger partial charge in [0.1, 0.15) is 0 Å². The van der Waals surface area contributed by atoms with Crippen molar-refractivity contribution in [2.75, 3.05) is 18.4 Å². The second-order valence-corrected chi connectivity index (χ2v) is 5.52. The molecule has 102 valence electrons. The van der Waals surface area contributed by atoms with Crippen molar-refractivity contribution in [2.45, 2.75) is 31.3 Å². The van der Waals surface area contributed by atoms with E-state index < -0.39 is 0 Å². The fourth-order valence-electron chi connectivity index (χ4n) is 3.13. The van der Waals surface area contributed by atoms with Gasteiger partial charge in [-0.15, -0.1) is 0 Å². The van der Waals surface area contributed by atoms with E-state index in [1.54, 1.807) is 0 Å². The van der Waals surface area contributed by atoms with Crippen LogP contribution in [0.4, 0.5) is 5.69 Å². The van der Waals surface area contributed by atoms with Crippen molar-refractivity contribution in [1.82, 2.24) is 5.32 Å². The monoisotopic (exact) mass is 260 g/mol. The highest BCUT2D eigenvalue weighted by Crippen LogP contribution is 2.31. The van der Waals surface area contributed by atoms with Gasteiger partial charge in [-0.3, -0.25) is 4.79 Å². The number of carbonyl (C=O) groups excluding carboxylic acids is 1. The average Bonchev–Trinajstić information content (AvgIpc) is 3.02. The SMILES string of the molecule is O=C(NCC1CCCC1O)C1CNc2ccccc21. The Kier molecular flexibility index (Phi) is 3.42. The first-order valence-corrected chi connectivity index (χ1v) is 7.04. The quantitative estimate of drug-likeness (QED) is 0.771. The van der Waals surface area contributed by atoms with E-state index in [1.807, 2.05) is 24.3 Å². The van der Waals surface area contributed by atoms with Gasteiger partial charge >= 0.3 is 0 Å². The maximum Gasteiger partial charge on any atom is 0.229 e. The third-order valence-corrected chi connectivity index (χ3v) is 4.31. The molecule has 1 aromatic rings. The van der Waals surface area contributed by atoms with Gasteiger partial charge in [0.25, 0.3) is 0 Å². The lowest BCUT2D eigenvalue weighted by molar-refractivity contribution is -0.122. The summed E-state index contributed by atoms with van der Waals surface area (Å²) < 4.78 is 0. The molecule has 1 heterocycles. The summed E-state index contributed by atoms with van der Waals surface area (Å²) in [6.45, 7) is 1.26. The summed E-state index contributed by atoms with van der Waals surface area (Å²) in [4.78, 5) is 12.2. The van der Waals surface area contributed by atoms with Crippen molar-refractivity contribution in [3.05, 3.63) is 29.8 Å². The number of anilines is 1. The molecule has 3 unspecified atom stereocenters. The van der Waals surface area contributed by atoms with Gasteiger partial charge < -0.3 is 15.7 Å². The number of nitrogens with one attached hydrogen (secondary N) is 2. The third kappa shape index (κ3) is 2.45. The predicted octanol–water partition coefficient (Wildman–Crippen LogP) is 1.47. The van der Waals surface area contributed by atoms with Crippen LogP contribution in [0, 0.1) is 5.92 Å². The minimum Gasteiger partial charge on any atom is -0.393 e. The van der Waals surface area contributed by atoms with E-state index >= 15 is 0 Å². The number of hydrogen-bond acceptors (Lipinski definition) is 3. The van der Waals surface area contributed by atoms with E-state index in [-0.39, 0.29) is 23.8 Å². The van der Waals surface area contributed by atoms with Crippen molar-refractivity contribution in [3.8, 4) is 0 Å². The van der Waals surface area contributed by atoms with Crippen LogP contribution in [0.25, 0.3) is 0 Å². The Balaban J connectivity index is 1.60. The fraction of sp³-hybridized carbons (Fsp3) is 0.533. The maximum atomic E-state index is 12.2. The molecule has 3 atom stereocenters. The minimum absolute atomic E-state index is 0.0663. The molecule has 4 nitrogen and oxygen atoms in total.